The number of nitrogens with one attached hydrogen (secondary N) is 1. The van der Waals surface area contributed by atoms with Gasteiger partial charge in [0.15, 0.2) is 0 Å². The van der Waals surface area contributed by atoms with E-state index >= 15 is 0 Å². The maximum atomic E-state index is 12.4. The van der Waals surface area contributed by atoms with E-state index in [0.29, 0.717) is 12.6 Å². The van der Waals surface area contributed by atoms with Crippen molar-refractivity contribution in [2.45, 2.75) is 63.1 Å². The van der Waals surface area contributed by atoms with Gasteiger partial charge in [-0.15, -0.1) is 0 Å². The summed E-state index contributed by atoms with van der Waals surface area (Å²) in [4.78, 5) is 14.2. The van der Waals surface area contributed by atoms with E-state index < -0.39 is 0 Å². The summed E-state index contributed by atoms with van der Waals surface area (Å²) >= 11 is 0. The lowest BCUT2D eigenvalue weighted by molar-refractivity contribution is -0.134. The van der Waals surface area contributed by atoms with E-state index in [0.717, 1.165) is 25.3 Å². The minimum absolute atomic E-state index is 0.00894. The highest BCUT2D eigenvalue weighted by atomic mass is 16.3. The standard InChI is InChI=1S/C14H24N2O2/c17-11-7-8-16(9-11)14(18)13-6-5-10-3-1-2-4-12(10)15-13/h10-13,15,17H,1-9H2/t10?,11-,12?,13?/m1/s1. The second kappa shape index (κ2) is 5.17. The summed E-state index contributed by atoms with van der Waals surface area (Å²) in [6.45, 7) is 1.26. The van der Waals surface area contributed by atoms with Crippen molar-refractivity contribution in [3.8, 4) is 0 Å². The van der Waals surface area contributed by atoms with Crippen molar-refractivity contribution in [3.63, 3.8) is 0 Å². The van der Waals surface area contributed by atoms with Crippen LogP contribution in [0.3, 0.4) is 0 Å². The van der Waals surface area contributed by atoms with E-state index in [9.17, 15) is 9.90 Å². The normalized spacial score (nSPS) is 40.6. The Balaban J connectivity index is 1.58. The van der Waals surface area contributed by atoms with E-state index in [4.69, 9.17) is 0 Å². The molecule has 3 aliphatic rings. The Morgan fingerprint density at radius 1 is 1.11 bits per heavy atom. The van der Waals surface area contributed by atoms with Crippen LogP contribution in [0.25, 0.3) is 0 Å². The van der Waals surface area contributed by atoms with Gasteiger partial charge in [0.2, 0.25) is 5.91 Å². The number of amides is 1. The molecule has 0 bridgehead atoms. The second-order valence-corrected chi connectivity index (χ2v) is 6.17. The lowest BCUT2D eigenvalue weighted by Gasteiger charge is -2.40. The molecule has 2 saturated heterocycles. The number of piperidine rings is 1. The van der Waals surface area contributed by atoms with Crippen LogP contribution in [-0.4, -0.2) is 47.2 Å². The van der Waals surface area contributed by atoms with Gasteiger partial charge in [0.05, 0.1) is 12.1 Å². The molecule has 0 aromatic heterocycles. The van der Waals surface area contributed by atoms with Crippen molar-refractivity contribution in [2.24, 2.45) is 5.92 Å². The van der Waals surface area contributed by atoms with Crippen LogP contribution in [-0.2, 0) is 4.79 Å². The van der Waals surface area contributed by atoms with Crippen LogP contribution in [0.2, 0.25) is 0 Å². The van der Waals surface area contributed by atoms with Crippen molar-refractivity contribution in [1.82, 2.24) is 10.2 Å². The van der Waals surface area contributed by atoms with Crippen LogP contribution in [0.4, 0.5) is 0 Å². The van der Waals surface area contributed by atoms with Crippen molar-refractivity contribution in [2.75, 3.05) is 13.1 Å². The minimum Gasteiger partial charge on any atom is -0.391 e. The minimum atomic E-state index is -0.306. The molecule has 2 N–H and O–H groups in total. The molecule has 0 radical (unpaired) electrons. The molecule has 1 saturated carbocycles. The molecule has 0 aromatic rings. The zero-order chi connectivity index (χ0) is 12.5. The number of nitrogens with zero attached hydrogens (tertiary/aromatic N) is 1. The smallest absolute Gasteiger partial charge is 0.239 e. The number of aliphatic hydroxyl groups excluding tert-OH is 1. The molecule has 3 fully saturated rings. The molecule has 1 aliphatic carbocycles. The van der Waals surface area contributed by atoms with Gasteiger partial charge in [-0.05, 0) is 38.0 Å². The summed E-state index contributed by atoms with van der Waals surface area (Å²) in [7, 11) is 0. The van der Waals surface area contributed by atoms with Gasteiger partial charge in [0, 0.05) is 19.1 Å². The summed E-state index contributed by atoms with van der Waals surface area (Å²) in [6.07, 6.45) is 7.84. The third-order valence-corrected chi connectivity index (χ3v) is 4.92. The Kier molecular flexibility index (Phi) is 3.57. The van der Waals surface area contributed by atoms with Crippen LogP contribution < -0.4 is 5.32 Å². The van der Waals surface area contributed by atoms with Crippen LogP contribution in [0.15, 0.2) is 0 Å². The highest BCUT2D eigenvalue weighted by molar-refractivity contribution is 5.82. The fourth-order valence-corrected chi connectivity index (χ4v) is 3.85. The third-order valence-electron chi connectivity index (χ3n) is 4.92. The summed E-state index contributed by atoms with van der Waals surface area (Å²) in [6, 6.07) is 0.573. The van der Waals surface area contributed by atoms with E-state index in [-0.39, 0.29) is 18.1 Å². The van der Waals surface area contributed by atoms with Crippen molar-refractivity contribution in [3.05, 3.63) is 0 Å². The molecular formula is C14H24N2O2. The Hall–Kier alpha value is -0.610. The van der Waals surface area contributed by atoms with Gasteiger partial charge in [-0.25, -0.2) is 0 Å². The summed E-state index contributed by atoms with van der Waals surface area (Å²) < 4.78 is 0. The van der Waals surface area contributed by atoms with Gasteiger partial charge >= 0.3 is 0 Å². The summed E-state index contributed by atoms with van der Waals surface area (Å²) in [5, 5.41) is 13.1. The average molecular weight is 252 g/mol. The van der Waals surface area contributed by atoms with Gasteiger partial charge < -0.3 is 15.3 Å². The molecule has 2 heterocycles. The molecule has 102 valence electrons. The Morgan fingerprint density at radius 3 is 2.72 bits per heavy atom. The van der Waals surface area contributed by atoms with E-state index in [1.807, 2.05) is 4.90 Å². The first-order chi connectivity index (χ1) is 8.74. The van der Waals surface area contributed by atoms with Crippen molar-refractivity contribution >= 4 is 5.91 Å². The molecule has 18 heavy (non-hydrogen) atoms. The number of hydrogen-bond donors (Lipinski definition) is 2. The van der Waals surface area contributed by atoms with E-state index in [1.54, 1.807) is 0 Å². The fourth-order valence-electron chi connectivity index (χ4n) is 3.85. The first-order valence-corrected chi connectivity index (χ1v) is 7.47. The predicted octanol–water partition coefficient (Wildman–Crippen LogP) is 0.890. The highest BCUT2D eigenvalue weighted by Crippen LogP contribution is 2.32. The lowest BCUT2D eigenvalue weighted by atomic mass is 9.77. The number of carbonyl (C=O) groups is 1. The Labute approximate surface area is 109 Å². The van der Waals surface area contributed by atoms with E-state index in [2.05, 4.69) is 5.32 Å². The zero-order valence-electron chi connectivity index (χ0n) is 11.0. The zero-order valence-corrected chi connectivity index (χ0v) is 11.0. The first-order valence-electron chi connectivity index (χ1n) is 7.47. The molecule has 3 unspecified atom stereocenters. The molecule has 4 nitrogen and oxygen atoms in total. The molecule has 2 aliphatic heterocycles. The summed E-state index contributed by atoms with van der Waals surface area (Å²) in [5.41, 5.74) is 0. The monoisotopic (exact) mass is 252 g/mol. The first kappa shape index (κ1) is 12.4. The van der Waals surface area contributed by atoms with Gasteiger partial charge in [-0.2, -0.15) is 0 Å². The maximum Gasteiger partial charge on any atom is 0.239 e. The molecule has 1 amide bonds. The number of carbonyl (C=O) groups excluding carboxylic acids is 1. The average Bonchev–Trinajstić information content (AvgIpc) is 2.84. The topological polar surface area (TPSA) is 52.6 Å². The Morgan fingerprint density at radius 2 is 1.94 bits per heavy atom. The largest absolute Gasteiger partial charge is 0.391 e. The maximum absolute atomic E-state index is 12.4. The van der Waals surface area contributed by atoms with Gasteiger partial charge in [-0.1, -0.05) is 12.8 Å². The highest BCUT2D eigenvalue weighted by Gasteiger charge is 2.37. The number of aliphatic hydroxyl groups is 1. The SMILES string of the molecule is O=C(C1CCC2CCCCC2N1)N1CC[C@@H](O)C1. The number of likely N-dealkylation sites (tertiary alicyclic amines) is 1. The van der Waals surface area contributed by atoms with Crippen LogP contribution in [0, 0.1) is 5.92 Å². The molecule has 3 rings (SSSR count). The quantitative estimate of drug-likeness (QED) is 0.729. The number of hydrogen-bond acceptors (Lipinski definition) is 3. The molecule has 4 atom stereocenters. The third kappa shape index (κ3) is 2.41. The second-order valence-electron chi connectivity index (χ2n) is 6.17. The Bertz CT molecular complexity index is 321. The lowest BCUT2D eigenvalue weighted by Crippen LogP contribution is -2.55. The molecule has 4 heteroatoms. The van der Waals surface area contributed by atoms with Gasteiger partial charge in [-0.3, -0.25) is 4.79 Å². The van der Waals surface area contributed by atoms with Gasteiger partial charge in [0.25, 0.3) is 0 Å². The fraction of sp³-hybridized carbons (Fsp3) is 0.929. The van der Waals surface area contributed by atoms with Crippen LogP contribution >= 0.6 is 0 Å². The predicted molar refractivity (Wildman–Crippen MR) is 69.1 cm³/mol. The molecular weight excluding hydrogens is 228 g/mol. The molecule has 0 spiro atoms. The van der Waals surface area contributed by atoms with Crippen molar-refractivity contribution < 1.29 is 9.90 Å². The van der Waals surface area contributed by atoms with E-state index in [1.165, 1.54) is 32.1 Å². The number of β-amino-alcohol motifs (C(OH)–C–C–N with tert-alkyl or cyclic N) is 1. The number of fused-ring (bicyclic) bond motifs is 1. The van der Waals surface area contributed by atoms with Gasteiger partial charge in [0.1, 0.15) is 0 Å². The van der Waals surface area contributed by atoms with Crippen LogP contribution in [0.1, 0.15) is 44.9 Å². The van der Waals surface area contributed by atoms with Crippen molar-refractivity contribution in [1.29, 1.82) is 0 Å². The summed E-state index contributed by atoms with van der Waals surface area (Å²) in [5.74, 6) is 1.02. The van der Waals surface area contributed by atoms with Crippen LogP contribution in [0.5, 0.6) is 0 Å². The molecule has 0 aromatic carbocycles. The number of rotatable bonds is 1.